The second kappa shape index (κ2) is 5.54. The molecule has 4 heteroatoms. The molecule has 0 unspecified atom stereocenters. The Hall–Kier alpha value is -2.33. The van der Waals surface area contributed by atoms with Crippen molar-refractivity contribution in [2.45, 2.75) is 6.10 Å². The molecule has 4 nitrogen and oxygen atoms in total. The fourth-order valence-electron chi connectivity index (χ4n) is 1.80. The molecular weight excluding hydrogens is 244 g/mol. The molecule has 2 aromatic rings. The summed E-state index contributed by atoms with van der Waals surface area (Å²) in [4.78, 5) is 10.7. The number of aliphatic carboxylic acids is 1. The fraction of sp³-hybridized carbons (Fsp3) is 0.133. The molecule has 0 bridgehead atoms. The maximum absolute atomic E-state index is 10.7. The maximum Gasteiger partial charge on any atom is 0.337 e. The van der Waals surface area contributed by atoms with Gasteiger partial charge in [0.15, 0.2) is 6.10 Å². The van der Waals surface area contributed by atoms with Gasteiger partial charge in [0, 0.05) is 0 Å². The number of aliphatic hydroxyl groups excluding tert-OH is 1. The zero-order chi connectivity index (χ0) is 13.8. The zero-order valence-electron chi connectivity index (χ0n) is 10.4. The van der Waals surface area contributed by atoms with Crippen molar-refractivity contribution in [1.82, 2.24) is 0 Å². The van der Waals surface area contributed by atoms with Gasteiger partial charge in [-0.05, 0) is 28.8 Å². The number of carboxylic acids is 1. The Morgan fingerprint density at radius 1 is 1.11 bits per heavy atom. The molecule has 0 amide bonds. The number of carbonyl (C=O) groups is 1. The number of hydrogen-bond acceptors (Lipinski definition) is 3. The predicted octanol–water partition coefficient (Wildman–Crippen LogP) is 2.48. The fourth-order valence-corrected chi connectivity index (χ4v) is 1.80. The van der Waals surface area contributed by atoms with Crippen molar-refractivity contribution in [2.24, 2.45) is 0 Å². The van der Waals surface area contributed by atoms with Gasteiger partial charge in [0.1, 0.15) is 5.75 Å². The Morgan fingerprint density at radius 2 is 1.79 bits per heavy atom. The van der Waals surface area contributed by atoms with Crippen molar-refractivity contribution < 1.29 is 19.7 Å². The first-order valence-corrected chi connectivity index (χ1v) is 5.77. The highest BCUT2D eigenvalue weighted by Gasteiger charge is 2.15. The van der Waals surface area contributed by atoms with Crippen LogP contribution in [0.4, 0.5) is 0 Å². The number of hydrogen-bond donors (Lipinski definition) is 2. The minimum Gasteiger partial charge on any atom is -0.497 e. The molecule has 2 aromatic carbocycles. The highest BCUT2D eigenvalue weighted by molar-refractivity contribution is 5.74. The van der Waals surface area contributed by atoms with E-state index in [-0.39, 0.29) is 0 Å². The van der Waals surface area contributed by atoms with Crippen LogP contribution in [0.15, 0.2) is 48.5 Å². The van der Waals surface area contributed by atoms with Crippen molar-refractivity contribution in [3.63, 3.8) is 0 Å². The lowest BCUT2D eigenvalue weighted by atomic mass is 10.0. The summed E-state index contributed by atoms with van der Waals surface area (Å²) in [5.74, 6) is -0.499. The molecule has 0 spiro atoms. The van der Waals surface area contributed by atoms with E-state index >= 15 is 0 Å². The van der Waals surface area contributed by atoms with Crippen LogP contribution < -0.4 is 4.74 Å². The van der Waals surface area contributed by atoms with Crippen LogP contribution in [0.1, 0.15) is 11.7 Å². The van der Waals surface area contributed by atoms with Crippen molar-refractivity contribution in [3.05, 3.63) is 54.1 Å². The Morgan fingerprint density at radius 3 is 2.37 bits per heavy atom. The summed E-state index contributed by atoms with van der Waals surface area (Å²) >= 11 is 0. The second-order valence-electron chi connectivity index (χ2n) is 4.09. The topological polar surface area (TPSA) is 66.8 Å². The van der Waals surface area contributed by atoms with E-state index in [9.17, 15) is 9.90 Å². The lowest BCUT2D eigenvalue weighted by Gasteiger charge is -2.08. The van der Waals surface area contributed by atoms with Crippen molar-refractivity contribution >= 4 is 5.97 Å². The first kappa shape index (κ1) is 13.1. The molecule has 0 fully saturated rings. The molecule has 1 atom stereocenters. The zero-order valence-corrected chi connectivity index (χ0v) is 10.4. The Bertz CT molecular complexity index is 575. The van der Waals surface area contributed by atoms with Gasteiger partial charge in [-0.3, -0.25) is 0 Å². The van der Waals surface area contributed by atoms with Gasteiger partial charge in [-0.15, -0.1) is 0 Å². The number of benzene rings is 2. The van der Waals surface area contributed by atoms with Gasteiger partial charge < -0.3 is 14.9 Å². The third kappa shape index (κ3) is 2.92. The summed E-state index contributed by atoms with van der Waals surface area (Å²) in [7, 11) is 1.60. The van der Waals surface area contributed by atoms with E-state index in [1.165, 1.54) is 0 Å². The van der Waals surface area contributed by atoms with Crippen LogP contribution in [0.25, 0.3) is 11.1 Å². The van der Waals surface area contributed by atoms with Gasteiger partial charge in [-0.1, -0.05) is 36.4 Å². The normalized spacial score (nSPS) is 11.9. The van der Waals surface area contributed by atoms with Crippen LogP contribution in [0, 0.1) is 0 Å². The number of carboxylic acid groups (broad SMARTS) is 1. The highest BCUT2D eigenvalue weighted by Crippen LogP contribution is 2.25. The summed E-state index contributed by atoms with van der Waals surface area (Å²) in [5.41, 5.74) is 2.26. The first-order valence-electron chi connectivity index (χ1n) is 5.77. The summed E-state index contributed by atoms with van der Waals surface area (Å²) in [6, 6.07) is 14.3. The van der Waals surface area contributed by atoms with Crippen LogP contribution in [0.3, 0.4) is 0 Å². The van der Waals surface area contributed by atoms with Gasteiger partial charge in [-0.2, -0.15) is 0 Å². The standard InChI is InChI=1S/C15H14O4/c1-19-13-4-2-3-12(9-13)10-5-7-11(8-6-10)14(16)15(17)18/h2-9,14,16H,1H3,(H,17,18)/t14-/m0/s1. The van der Waals surface area contributed by atoms with Crippen LogP contribution in [0.2, 0.25) is 0 Å². The Kier molecular flexibility index (Phi) is 3.82. The van der Waals surface area contributed by atoms with Crippen LogP contribution in [0.5, 0.6) is 5.75 Å². The Labute approximate surface area is 110 Å². The van der Waals surface area contributed by atoms with E-state index in [2.05, 4.69) is 0 Å². The van der Waals surface area contributed by atoms with Gasteiger partial charge in [-0.25, -0.2) is 4.79 Å². The number of ether oxygens (including phenoxy) is 1. The average molecular weight is 258 g/mol. The molecule has 0 saturated heterocycles. The van der Waals surface area contributed by atoms with Crippen LogP contribution in [-0.2, 0) is 4.79 Å². The molecule has 2 N–H and O–H groups in total. The molecule has 2 rings (SSSR count). The quantitative estimate of drug-likeness (QED) is 0.884. The lowest BCUT2D eigenvalue weighted by Crippen LogP contribution is -2.10. The molecule has 0 heterocycles. The van der Waals surface area contributed by atoms with E-state index in [1.807, 2.05) is 24.3 Å². The van der Waals surface area contributed by atoms with Crippen molar-refractivity contribution in [3.8, 4) is 16.9 Å². The van der Waals surface area contributed by atoms with Crippen molar-refractivity contribution in [2.75, 3.05) is 7.11 Å². The summed E-state index contributed by atoms with van der Waals surface area (Å²) in [6.45, 7) is 0. The summed E-state index contributed by atoms with van der Waals surface area (Å²) in [6.07, 6.45) is -1.49. The molecule has 98 valence electrons. The number of rotatable bonds is 4. The number of aliphatic hydroxyl groups is 1. The van der Waals surface area contributed by atoms with Crippen LogP contribution >= 0.6 is 0 Å². The SMILES string of the molecule is COc1cccc(-c2ccc([C@H](O)C(=O)O)cc2)c1. The Balaban J connectivity index is 2.29. The molecule has 0 aliphatic heterocycles. The first-order chi connectivity index (χ1) is 9.11. The van der Waals surface area contributed by atoms with E-state index in [1.54, 1.807) is 31.4 Å². The van der Waals surface area contributed by atoms with Gasteiger partial charge >= 0.3 is 5.97 Å². The highest BCUT2D eigenvalue weighted by atomic mass is 16.5. The number of methoxy groups -OCH3 is 1. The van der Waals surface area contributed by atoms with E-state index in [4.69, 9.17) is 9.84 Å². The molecule has 0 aliphatic carbocycles. The predicted molar refractivity (Wildman–Crippen MR) is 71.0 cm³/mol. The molecule has 0 aromatic heterocycles. The third-order valence-corrected chi connectivity index (χ3v) is 2.86. The smallest absolute Gasteiger partial charge is 0.337 e. The van der Waals surface area contributed by atoms with E-state index in [0.717, 1.165) is 16.9 Å². The van der Waals surface area contributed by atoms with Crippen LogP contribution in [-0.4, -0.2) is 23.3 Å². The molecule has 0 radical (unpaired) electrons. The lowest BCUT2D eigenvalue weighted by molar-refractivity contribution is -0.146. The molecule has 0 aliphatic rings. The summed E-state index contributed by atoms with van der Waals surface area (Å²) < 4.78 is 5.15. The monoisotopic (exact) mass is 258 g/mol. The van der Waals surface area contributed by atoms with Gasteiger partial charge in [0.25, 0.3) is 0 Å². The third-order valence-electron chi connectivity index (χ3n) is 2.86. The van der Waals surface area contributed by atoms with E-state index < -0.39 is 12.1 Å². The van der Waals surface area contributed by atoms with Crippen molar-refractivity contribution in [1.29, 1.82) is 0 Å². The molecule has 0 saturated carbocycles. The summed E-state index contributed by atoms with van der Waals surface area (Å²) in [5, 5.41) is 18.1. The minimum atomic E-state index is -1.49. The second-order valence-corrected chi connectivity index (χ2v) is 4.09. The molecule has 19 heavy (non-hydrogen) atoms. The van der Waals surface area contributed by atoms with Gasteiger partial charge in [0.05, 0.1) is 7.11 Å². The van der Waals surface area contributed by atoms with Gasteiger partial charge in [0.2, 0.25) is 0 Å². The average Bonchev–Trinajstić information content (AvgIpc) is 2.46. The maximum atomic E-state index is 10.7. The molecular formula is C15H14O4. The van der Waals surface area contributed by atoms with E-state index in [0.29, 0.717) is 5.56 Å². The largest absolute Gasteiger partial charge is 0.497 e. The minimum absolute atomic E-state index is 0.360.